The topological polar surface area (TPSA) is 58.4 Å². The Kier molecular flexibility index (Phi) is 7.51. The first-order valence-electron chi connectivity index (χ1n) is 13.9. The molecular formula is C32H33BrN4O2. The zero-order valence-corrected chi connectivity index (χ0v) is 23.6. The number of hydrogen-bond donors (Lipinski definition) is 0. The molecule has 6 nitrogen and oxygen atoms in total. The van der Waals surface area contributed by atoms with E-state index in [1.165, 1.54) is 19.3 Å². The maximum Gasteiger partial charge on any atom is 0.243 e. The molecule has 2 aliphatic rings. The van der Waals surface area contributed by atoms with Gasteiger partial charge in [-0.25, -0.2) is 4.98 Å². The van der Waals surface area contributed by atoms with Crippen LogP contribution in [0.5, 0.6) is 0 Å². The van der Waals surface area contributed by atoms with Gasteiger partial charge in [-0.3, -0.25) is 9.59 Å². The van der Waals surface area contributed by atoms with E-state index in [4.69, 9.17) is 4.98 Å². The van der Waals surface area contributed by atoms with Crippen molar-refractivity contribution in [2.75, 3.05) is 11.4 Å². The summed E-state index contributed by atoms with van der Waals surface area (Å²) >= 11 is 3.48. The molecule has 0 N–H and O–H groups in total. The number of rotatable bonds is 7. The predicted octanol–water partition coefficient (Wildman–Crippen LogP) is 6.68. The first kappa shape index (κ1) is 25.8. The molecule has 7 heteroatoms. The fourth-order valence-corrected chi connectivity index (χ4v) is 6.41. The van der Waals surface area contributed by atoms with Gasteiger partial charge in [0.05, 0.1) is 11.0 Å². The average molecular weight is 586 g/mol. The summed E-state index contributed by atoms with van der Waals surface area (Å²) in [6.07, 6.45) is 6.05. The molecule has 1 aromatic heterocycles. The minimum absolute atomic E-state index is 0.0835. The monoisotopic (exact) mass is 584 g/mol. The van der Waals surface area contributed by atoms with Crippen molar-refractivity contribution < 1.29 is 9.59 Å². The van der Waals surface area contributed by atoms with Crippen LogP contribution in [0.1, 0.15) is 55.8 Å². The van der Waals surface area contributed by atoms with Gasteiger partial charge >= 0.3 is 0 Å². The van der Waals surface area contributed by atoms with Crippen LogP contribution in [0, 0.1) is 0 Å². The van der Waals surface area contributed by atoms with Gasteiger partial charge in [0.1, 0.15) is 12.4 Å². The second-order valence-electron chi connectivity index (χ2n) is 10.7. The maximum atomic E-state index is 14.1. The second kappa shape index (κ2) is 11.3. The van der Waals surface area contributed by atoms with Gasteiger partial charge in [0.15, 0.2) is 0 Å². The van der Waals surface area contributed by atoms with Gasteiger partial charge in [-0.1, -0.05) is 77.7 Å². The highest BCUT2D eigenvalue weighted by atomic mass is 79.9. The van der Waals surface area contributed by atoms with E-state index in [-0.39, 0.29) is 30.3 Å². The van der Waals surface area contributed by atoms with Crippen molar-refractivity contribution in [2.24, 2.45) is 0 Å². The van der Waals surface area contributed by atoms with Gasteiger partial charge < -0.3 is 14.4 Å². The minimum atomic E-state index is -0.0846. The van der Waals surface area contributed by atoms with Crippen LogP contribution in [0.3, 0.4) is 0 Å². The van der Waals surface area contributed by atoms with E-state index < -0.39 is 0 Å². The quantitative estimate of drug-likeness (QED) is 0.243. The number of aromatic nitrogens is 2. The second-order valence-corrected chi connectivity index (χ2v) is 11.6. The van der Waals surface area contributed by atoms with Crippen LogP contribution in [0.2, 0.25) is 0 Å². The van der Waals surface area contributed by atoms with Gasteiger partial charge in [0.25, 0.3) is 0 Å². The van der Waals surface area contributed by atoms with Crippen LogP contribution in [0.4, 0.5) is 5.69 Å². The molecule has 1 unspecified atom stereocenters. The van der Waals surface area contributed by atoms with E-state index in [2.05, 4.69) is 37.5 Å². The van der Waals surface area contributed by atoms with Crippen molar-refractivity contribution in [2.45, 2.75) is 63.6 Å². The van der Waals surface area contributed by atoms with E-state index in [9.17, 15) is 9.59 Å². The number of carbonyl (C=O) groups excluding carboxylic acids is 2. The molecular weight excluding hydrogens is 552 g/mol. The lowest BCUT2D eigenvalue weighted by molar-refractivity contribution is -0.135. The minimum Gasteiger partial charge on any atom is -0.334 e. The molecule has 200 valence electrons. The number of fused-ring (bicyclic) bond motifs is 1. The van der Waals surface area contributed by atoms with Crippen LogP contribution in [0.15, 0.2) is 83.3 Å². The summed E-state index contributed by atoms with van der Waals surface area (Å²) in [6.45, 7) is 1.39. The summed E-state index contributed by atoms with van der Waals surface area (Å²) in [5.74, 6) is 0.934. The van der Waals surface area contributed by atoms with Crippen molar-refractivity contribution in [3.05, 3.63) is 94.7 Å². The molecule has 1 atom stereocenters. The number of amides is 2. The lowest BCUT2D eigenvalue weighted by atomic mass is 9.93. The van der Waals surface area contributed by atoms with Gasteiger partial charge in [0, 0.05) is 41.6 Å². The Balaban J connectivity index is 1.31. The highest BCUT2D eigenvalue weighted by Gasteiger charge is 2.36. The zero-order chi connectivity index (χ0) is 26.8. The highest BCUT2D eigenvalue weighted by Crippen LogP contribution is 2.34. The molecule has 1 aliphatic carbocycles. The largest absolute Gasteiger partial charge is 0.334 e. The third-order valence-electron chi connectivity index (χ3n) is 8.14. The summed E-state index contributed by atoms with van der Waals surface area (Å²) in [5.41, 5.74) is 3.84. The summed E-state index contributed by atoms with van der Waals surface area (Å²) in [4.78, 5) is 36.1. The number of anilines is 1. The van der Waals surface area contributed by atoms with Crippen LogP contribution in [-0.4, -0.2) is 38.9 Å². The average Bonchev–Trinajstić information content (AvgIpc) is 3.53. The Bertz CT molecular complexity index is 1460. The summed E-state index contributed by atoms with van der Waals surface area (Å²) in [7, 11) is 0. The molecule has 0 spiro atoms. The molecule has 4 aromatic rings. The molecule has 0 bridgehead atoms. The van der Waals surface area contributed by atoms with Crippen LogP contribution < -0.4 is 4.90 Å². The Hall–Kier alpha value is -3.45. The lowest BCUT2D eigenvalue weighted by Gasteiger charge is -2.35. The first-order valence-corrected chi connectivity index (χ1v) is 14.7. The molecule has 1 aliphatic heterocycles. The van der Waals surface area contributed by atoms with Crippen molar-refractivity contribution in [1.82, 2.24) is 14.5 Å². The van der Waals surface area contributed by atoms with Crippen LogP contribution >= 0.6 is 15.9 Å². The Morgan fingerprint density at radius 2 is 1.64 bits per heavy atom. The molecule has 1 saturated heterocycles. The fourth-order valence-electron chi connectivity index (χ4n) is 6.14. The van der Waals surface area contributed by atoms with E-state index in [1.54, 1.807) is 0 Å². The zero-order valence-electron chi connectivity index (χ0n) is 22.0. The summed E-state index contributed by atoms with van der Waals surface area (Å²) in [5, 5.41) is 0. The molecule has 3 aromatic carbocycles. The standard InChI is InChI=1S/C32H33BrN4O2/c33-25-15-17-27(18-16-25)36-21-24(19-30(36)38)32-34-28-13-7-8-14-29(28)37(32)22-31(39)35(26-11-5-2-6-12-26)20-23-9-3-1-4-10-23/h1,3-4,7-10,13-18,24,26H,2,5-6,11-12,19-22H2. The number of imidazole rings is 1. The smallest absolute Gasteiger partial charge is 0.243 e. The fraction of sp³-hybridized carbons (Fsp3) is 0.344. The van der Waals surface area contributed by atoms with Crippen molar-refractivity contribution >= 4 is 44.5 Å². The number of nitrogens with zero attached hydrogens (tertiary/aromatic N) is 4. The Labute approximate surface area is 237 Å². The van der Waals surface area contributed by atoms with E-state index >= 15 is 0 Å². The number of benzene rings is 3. The SMILES string of the molecule is O=C1CC(c2nc3ccccc3n2CC(=O)N(Cc2ccccc2)C2CCCCC2)CN1c1ccc(Br)cc1. The van der Waals surface area contributed by atoms with Crippen LogP contribution in [-0.2, 0) is 22.7 Å². The number of hydrogen-bond acceptors (Lipinski definition) is 3. The Morgan fingerprint density at radius 3 is 2.41 bits per heavy atom. The number of carbonyl (C=O) groups is 2. The maximum absolute atomic E-state index is 14.1. The molecule has 2 fully saturated rings. The summed E-state index contributed by atoms with van der Waals surface area (Å²) in [6, 6.07) is 26.4. The third kappa shape index (κ3) is 5.50. The molecule has 0 radical (unpaired) electrons. The molecule has 1 saturated carbocycles. The van der Waals surface area contributed by atoms with E-state index in [0.29, 0.717) is 19.5 Å². The van der Waals surface area contributed by atoms with Crippen molar-refractivity contribution in [3.63, 3.8) is 0 Å². The normalized spacial score (nSPS) is 18.1. The van der Waals surface area contributed by atoms with Gasteiger partial charge in [-0.05, 0) is 54.8 Å². The predicted molar refractivity (Wildman–Crippen MR) is 157 cm³/mol. The summed E-state index contributed by atoms with van der Waals surface area (Å²) < 4.78 is 3.05. The first-order chi connectivity index (χ1) is 19.1. The molecule has 2 heterocycles. The Morgan fingerprint density at radius 1 is 0.923 bits per heavy atom. The van der Waals surface area contributed by atoms with Crippen LogP contribution in [0.25, 0.3) is 11.0 Å². The molecule has 39 heavy (non-hydrogen) atoms. The molecule has 6 rings (SSSR count). The van der Waals surface area contributed by atoms with Crippen molar-refractivity contribution in [1.29, 1.82) is 0 Å². The van der Waals surface area contributed by atoms with E-state index in [0.717, 1.165) is 45.4 Å². The lowest BCUT2D eigenvalue weighted by Crippen LogP contribution is -2.42. The van der Waals surface area contributed by atoms with Gasteiger partial charge in [-0.2, -0.15) is 0 Å². The van der Waals surface area contributed by atoms with E-state index in [1.807, 2.05) is 71.6 Å². The molecule has 2 amide bonds. The van der Waals surface area contributed by atoms with Gasteiger partial charge in [0.2, 0.25) is 11.8 Å². The third-order valence-corrected chi connectivity index (χ3v) is 8.67. The van der Waals surface area contributed by atoms with Gasteiger partial charge in [-0.15, -0.1) is 0 Å². The van der Waals surface area contributed by atoms with Crippen molar-refractivity contribution in [3.8, 4) is 0 Å². The number of para-hydroxylation sites is 2. The highest BCUT2D eigenvalue weighted by molar-refractivity contribution is 9.10. The number of halogens is 1.